The van der Waals surface area contributed by atoms with Gasteiger partial charge in [0.15, 0.2) is 0 Å². The van der Waals surface area contributed by atoms with E-state index >= 15 is 0 Å². The number of phosphoric acid groups is 6. The van der Waals surface area contributed by atoms with Crippen molar-refractivity contribution in [2.24, 2.45) is 0 Å². The molecule has 0 heterocycles. The normalized spacial score (nSPS) is 6.85. The number of hydrogen-bond donors (Lipinski definition) is 6. The van der Waals surface area contributed by atoms with Gasteiger partial charge in [-0.05, 0) is 0 Å². The van der Waals surface area contributed by atoms with E-state index in [1.54, 1.807) is 0 Å². The second-order valence-electron chi connectivity index (χ2n) is 11.4. The fourth-order valence-corrected chi connectivity index (χ4v) is 1.34. The maximum absolute atomic E-state index is 10.1. The van der Waals surface area contributed by atoms with E-state index in [1.165, 1.54) is 57.8 Å². The Labute approximate surface area is 757 Å². The lowest BCUT2D eigenvalue weighted by molar-refractivity contribution is 0.203. The largest absolute Gasteiger partial charge is 0.471 e. The summed E-state index contributed by atoms with van der Waals surface area (Å²) in [5, 5.41) is 0. The summed E-state index contributed by atoms with van der Waals surface area (Å²) >= 11 is 0. The highest BCUT2D eigenvalue weighted by molar-refractivity contribution is 7.48. The van der Waals surface area contributed by atoms with Gasteiger partial charge < -0.3 is 29.4 Å². The molecule has 13 unspecified atom stereocenters. The zero-order valence-corrected chi connectivity index (χ0v) is 110. The van der Waals surface area contributed by atoms with Gasteiger partial charge in [-0.25, -0.2) is 27.4 Å². The quantitative estimate of drug-likeness (QED) is 0.0989. The van der Waals surface area contributed by atoms with Gasteiger partial charge in [0.25, 0.3) is 0 Å². The van der Waals surface area contributed by atoms with Crippen LogP contribution in [-0.4, -0.2) is 161 Å². The van der Waals surface area contributed by atoms with Gasteiger partial charge in [-0.3, -0.25) is 54.3 Å². The summed E-state index contributed by atoms with van der Waals surface area (Å²) in [6, 6.07) is 0. The fraction of sp³-hybridized carbons (Fsp3) is 1.00. The number of rotatable bonds is 12. The fourth-order valence-electron chi connectivity index (χ4n) is 0.447. The van der Waals surface area contributed by atoms with Crippen LogP contribution in [0.4, 0.5) is 0 Å². The van der Waals surface area contributed by atoms with Crippen molar-refractivity contribution < 1.29 is 111 Å². The van der Waals surface area contributed by atoms with Crippen LogP contribution in [0.2, 0.25) is 0 Å². The standard InChI is InChI=1S/9C3H8.6C2H7O4P.12C2H6.7CH5P.6H3P/c9*1-3-2;6*1-5-7(3,4)6-2;19*1-2;;;;;;/h9*3H2,1-2H3;6*1-2H3,(H,3,4);12*1-2H3;7*2H2,1H3;6*1H3. The molecule has 0 aliphatic heterocycles. The second kappa shape index (κ2) is 406. The molecule has 0 aromatic rings. The van der Waals surface area contributed by atoms with Crippen molar-refractivity contribution in [3.05, 3.63) is 0 Å². The van der Waals surface area contributed by atoms with Crippen molar-refractivity contribution >= 4 is 171 Å². The van der Waals surface area contributed by atoms with Crippen LogP contribution in [0, 0.1) is 0 Å². The van der Waals surface area contributed by atoms with E-state index in [1.807, 2.05) is 213 Å². The van der Waals surface area contributed by atoms with Crippen LogP contribution in [0.5, 0.6) is 0 Å². The molecule has 0 spiro atoms. The topological polar surface area (TPSA) is 335 Å². The molecule has 0 fully saturated rings. The van der Waals surface area contributed by atoms with E-state index in [9.17, 15) is 27.4 Å². The van der Waals surface area contributed by atoms with E-state index < -0.39 is 46.9 Å². The van der Waals surface area contributed by atoms with E-state index in [2.05, 4.69) is 244 Å². The van der Waals surface area contributed by atoms with Gasteiger partial charge in [0.05, 0.1) is 0 Å². The van der Waals surface area contributed by atoms with Crippen LogP contribution < -0.4 is 0 Å². The van der Waals surface area contributed by atoms with Crippen molar-refractivity contribution in [1.82, 2.24) is 0 Å². The predicted molar refractivity (Wildman–Crippen MR) is 599 cm³/mol. The Morgan fingerprint density at radius 1 is 0.150 bits per heavy atom. The third-order valence-corrected chi connectivity index (χ3v) is 8.31. The molecule has 758 valence electrons. The van der Waals surface area contributed by atoms with Crippen LogP contribution in [0.15, 0.2) is 0 Å². The Balaban J connectivity index is -0.0000000130. The lowest BCUT2D eigenvalue weighted by atomic mass is 10.6. The molecule has 24 nitrogen and oxygen atoms in total. The summed E-state index contributed by atoms with van der Waals surface area (Å²) in [7, 11) is 8.21. The van der Waals surface area contributed by atoms with Crippen molar-refractivity contribution in [3.8, 4) is 0 Å². The zero-order chi connectivity index (χ0) is 97.8. The van der Waals surface area contributed by atoms with Crippen LogP contribution in [-0.2, 0) is 81.7 Å². The van der Waals surface area contributed by atoms with E-state index in [0.717, 1.165) is 85.3 Å². The molecule has 43 heteroatoms. The number of hydrogen-bond acceptors (Lipinski definition) is 18. The second-order valence-corrected chi connectivity index (χ2v) is 21.4. The molecule has 0 rings (SSSR count). The van der Waals surface area contributed by atoms with Crippen molar-refractivity contribution in [2.45, 2.75) is 349 Å². The van der Waals surface area contributed by atoms with Gasteiger partial charge in [-0.2, -0.15) is 59.4 Å². The van der Waals surface area contributed by atoms with Gasteiger partial charge >= 0.3 is 46.9 Å². The average molecular weight is 2050 g/mol. The van der Waals surface area contributed by atoms with E-state index in [-0.39, 0.29) is 59.4 Å². The highest BCUT2D eigenvalue weighted by Crippen LogP contribution is 2.42. The van der Waals surface area contributed by atoms with Crippen LogP contribution in [0.25, 0.3) is 0 Å². The van der Waals surface area contributed by atoms with E-state index in [0.29, 0.717) is 0 Å². The summed E-state index contributed by atoms with van der Waals surface area (Å²) in [5.74, 6) is 0. The van der Waals surface area contributed by atoms with Crippen molar-refractivity contribution in [3.63, 3.8) is 0 Å². The summed E-state index contributed by atoms with van der Waals surface area (Å²) in [4.78, 5) is 49.5. The minimum atomic E-state index is -3.65. The monoisotopic (exact) mass is 2050 g/mol. The zero-order valence-electron chi connectivity index (χ0n) is 88.4. The molecule has 0 saturated heterocycles. The molecule has 0 aliphatic rings. The maximum Gasteiger partial charge on any atom is 0.471 e. The molecular weight excluding hydrogens is 1810 g/mol. The molecule has 0 amide bonds. The summed E-state index contributed by atoms with van der Waals surface area (Å²) in [6.45, 7) is 99.7. The SMILES string of the molecule is CC.CC.CC.CC.CC.CC.CC.CC.CC.CC.CC.CC.CCC.CCC.CCC.CCC.CCC.CCC.CCC.CCC.CCC.COP(=O)(O)OC.COP(=O)(O)OC.COP(=O)(O)OC.COP(=O)(O)OC.COP(=O)(O)OC.COP(=O)(O)OC.CP.CP.CP.CP.CP.CP.CP.P.P.P.P.P.P. The summed E-state index contributed by atoms with van der Waals surface area (Å²) in [6.07, 6.45) is 11.2. The van der Waals surface area contributed by atoms with Gasteiger partial charge in [0, 0.05) is 85.3 Å². The van der Waals surface area contributed by atoms with Gasteiger partial charge in [0.1, 0.15) is 0 Å². The molecule has 0 saturated carbocycles. The highest BCUT2D eigenvalue weighted by Gasteiger charge is 2.16. The number of phosphoric ester groups is 6. The summed E-state index contributed by atoms with van der Waals surface area (Å²) in [5.41, 5.74) is 0. The Kier molecular flexibility index (Phi) is 955. The van der Waals surface area contributed by atoms with Crippen molar-refractivity contribution in [1.29, 1.82) is 0 Å². The van der Waals surface area contributed by atoms with Crippen LogP contribution in [0.1, 0.15) is 349 Å². The van der Waals surface area contributed by atoms with Gasteiger partial charge in [0.2, 0.25) is 0 Å². The van der Waals surface area contributed by atoms with Crippen LogP contribution in [0.3, 0.4) is 0 Å². The lowest BCUT2D eigenvalue weighted by Crippen LogP contribution is -1.83. The molecular formula is C70H239O24P19. The smallest absolute Gasteiger partial charge is 0.303 e. The van der Waals surface area contributed by atoms with E-state index in [4.69, 9.17) is 29.4 Å². The van der Waals surface area contributed by atoms with Gasteiger partial charge in [-0.1, -0.05) is 395 Å². The van der Waals surface area contributed by atoms with Crippen LogP contribution >= 0.6 is 171 Å². The molecule has 13 atom stereocenters. The first kappa shape index (κ1) is 265. The molecule has 0 aromatic carbocycles. The molecule has 6 N–H and O–H groups in total. The Bertz CT molecular complexity index is 879. The predicted octanol–water partition coefficient (Wildman–Crippen LogP) is 31.1. The third kappa shape index (κ3) is 895. The average Bonchev–Trinajstić information content (AvgIpc) is 1.07. The summed E-state index contributed by atoms with van der Waals surface area (Å²) < 4.78 is 108. The molecule has 0 radical (unpaired) electrons. The first-order valence-electron chi connectivity index (χ1n) is 38.2. The molecule has 0 bridgehead atoms. The lowest BCUT2D eigenvalue weighted by Gasteiger charge is -2.01. The minimum absolute atomic E-state index is 0. The van der Waals surface area contributed by atoms with Gasteiger partial charge in [-0.15, -0.1) is 64.7 Å². The first-order chi connectivity index (χ1) is 50.5. The Morgan fingerprint density at radius 3 is 0.168 bits per heavy atom. The first-order valence-corrected chi connectivity index (χ1v) is 55.2. The third-order valence-electron chi connectivity index (χ3n) is 2.77. The Hall–Kier alpha value is 6.25. The molecule has 113 heavy (non-hydrogen) atoms. The molecule has 0 aliphatic carbocycles. The minimum Gasteiger partial charge on any atom is -0.303 e. The maximum atomic E-state index is 10.1. The highest BCUT2D eigenvalue weighted by atomic mass is 31.2. The Morgan fingerprint density at radius 2 is 0.168 bits per heavy atom. The molecule has 0 aromatic heterocycles. The van der Waals surface area contributed by atoms with Crippen molar-refractivity contribution in [2.75, 3.05) is 132 Å².